The zero-order chi connectivity index (χ0) is 19.8. The molecule has 2 aromatic rings. The van der Waals surface area contributed by atoms with Crippen molar-refractivity contribution in [2.45, 2.75) is 25.3 Å². The fourth-order valence-corrected chi connectivity index (χ4v) is 4.06. The Kier molecular flexibility index (Phi) is 4.89. The van der Waals surface area contributed by atoms with Crippen LogP contribution in [0.5, 0.6) is 0 Å². The van der Waals surface area contributed by atoms with Gasteiger partial charge < -0.3 is 15.1 Å². The van der Waals surface area contributed by atoms with E-state index in [1.165, 1.54) is 6.07 Å². The van der Waals surface area contributed by atoms with Crippen LogP contribution >= 0.6 is 0 Å². The standard InChI is InChI=1S/C22H25FN4O/c1-14-5-4-6-19-21(14)17(22(28)25-19)12-24-15-7-8-20(18(23)11-15)27-10-9-16(13-27)26(2)3/h4-8,11-12,16-17H,9-10,13H2,1-3H3,(H,25,28). The number of fused-ring (bicyclic) bond motifs is 1. The summed E-state index contributed by atoms with van der Waals surface area (Å²) in [4.78, 5) is 21.0. The minimum Gasteiger partial charge on any atom is -0.368 e. The van der Waals surface area contributed by atoms with Gasteiger partial charge in [-0.1, -0.05) is 12.1 Å². The molecule has 6 heteroatoms. The van der Waals surface area contributed by atoms with Crippen molar-refractivity contribution >= 4 is 29.2 Å². The van der Waals surface area contributed by atoms with Crippen LogP contribution in [0.15, 0.2) is 41.4 Å². The zero-order valence-electron chi connectivity index (χ0n) is 16.4. The van der Waals surface area contributed by atoms with Gasteiger partial charge in [-0.15, -0.1) is 0 Å². The molecule has 2 unspecified atom stereocenters. The second-order valence-electron chi connectivity index (χ2n) is 7.77. The number of carbonyl (C=O) groups excluding carboxylic acids is 1. The van der Waals surface area contributed by atoms with E-state index in [2.05, 4.69) is 34.2 Å². The Morgan fingerprint density at radius 1 is 1.29 bits per heavy atom. The number of amides is 1. The molecular formula is C22H25FN4O. The number of carbonyl (C=O) groups is 1. The molecule has 1 amide bonds. The normalized spacial score (nSPS) is 21.6. The molecule has 146 valence electrons. The maximum Gasteiger partial charge on any atom is 0.237 e. The molecular weight excluding hydrogens is 355 g/mol. The smallest absolute Gasteiger partial charge is 0.237 e. The molecule has 0 bridgehead atoms. The van der Waals surface area contributed by atoms with Gasteiger partial charge in [-0.2, -0.15) is 0 Å². The van der Waals surface area contributed by atoms with E-state index in [0.717, 1.165) is 36.3 Å². The number of likely N-dealkylation sites (N-methyl/N-ethyl adjacent to an activating group) is 1. The lowest BCUT2D eigenvalue weighted by Gasteiger charge is -2.22. The van der Waals surface area contributed by atoms with Crippen LogP contribution in [0.2, 0.25) is 0 Å². The van der Waals surface area contributed by atoms with Gasteiger partial charge in [0.25, 0.3) is 0 Å². The summed E-state index contributed by atoms with van der Waals surface area (Å²) < 4.78 is 14.7. The second-order valence-corrected chi connectivity index (χ2v) is 7.77. The fraction of sp³-hybridized carbons (Fsp3) is 0.364. The van der Waals surface area contributed by atoms with Crippen LogP contribution in [0.25, 0.3) is 0 Å². The first-order valence-corrected chi connectivity index (χ1v) is 9.59. The molecule has 2 heterocycles. The summed E-state index contributed by atoms with van der Waals surface area (Å²) in [5.74, 6) is -0.822. The monoisotopic (exact) mass is 380 g/mol. The molecule has 0 aromatic heterocycles. The first-order chi connectivity index (χ1) is 13.4. The number of nitrogens with one attached hydrogen (secondary N) is 1. The number of aliphatic imine (C=N–C) groups is 1. The molecule has 1 saturated heterocycles. The third-order valence-electron chi connectivity index (χ3n) is 5.71. The van der Waals surface area contributed by atoms with E-state index in [4.69, 9.17) is 0 Å². The van der Waals surface area contributed by atoms with Gasteiger partial charge in [-0.25, -0.2) is 4.39 Å². The van der Waals surface area contributed by atoms with Crippen molar-refractivity contribution in [1.82, 2.24) is 4.90 Å². The fourth-order valence-electron chi connectivity index (χ4n) is 4.06. The molecule has 0 saturated carbocycles. The molecule has 1 fully saturated rings. The summed E-state index contributed by atoms with van der Waals surface area (Å²) in [5.41, 5.74) is 3.94. The SMILES string of the molecule is Cc1cccc2c1C(C=Nc1ccc(N3CCC(N(C)C)C3)c(F)c1)C(=O)N2. The topological polar surface area (TPSA) is 47.9 Å². The van der Waals surface area contributed by atoms with Gasteiger partial charge in [0.2, 0.25) is 5.91 Å². The Balaban J connectivity index is 1.53. The van der Waals surface area contributed by atoms with Crippen LogP contribution in [-0.4, -0.2) is 50.2 Å². The van der Waals surface area contributed by atoms with Gasteiger partial charge in [0.05, 0.1) is 11.4 Å². The first-order valence-electron chi connectivity index (χ1n) is 9.59. The van der Waals surface area contributed by atoms with E-state index in [1.807, 2.05) is 31.2 Å². The predicted octanol–water partition coefficient (Wildman–Crippen LogP) is 3.71. The number of rotatable bonds is 4. The highest BCUT2D eigenvalue weighted by Gasteiger charge is 2.30. The predicted molar refractivity (Wildman–Crippen MR) is 111 cm³/mol. The Morgan fingerprint density at radius 2 is 2.11 bits per heavy atom. The quantitative estimate of drug-likeness (QED) is 0.823. The summed E-state index contributed by atoms with van der Waals surface area (Å²) in [6.07, 6.45) is 2.64. The van der Waals surface area contributed by atoms with E-state index >= 15 is 0 Å². The van der Waals surface area contributed by atoms with Crippen molar-refractivity contribution in [3.05, 3.63) is 53.3 Å². The summed E-state index contributed by atoms with van der Waals surface area (Å²) >= 11 is 0. The number of aryl methyl sites for hydroxylation is 1. The molecule has 2 aliphatic heterocycles. The van der Waals surface area contributed by atoms with Crippen molar-refractivity contribution in [1.29, 1.82) is 0 Å². The minimum atomic E-state index is -0.446. The third kappa shape index (κ3) is 3.40. The summed E-state index contributed by atoms with van der Waals surface area (Å²) in [6, 6.07) is 11.3. The molecule has 4 rings (SSSR count). The van der Waals surface area contributed by atoms with Gasteiger partial charge in [-0.3, -0.25) is 9.79 Å². The van der Waals surface area contributed by atoms with Crippen molar-refractivity contribution in [2.75, 3.05) is 37.4 Å². The highest BCUT2D eigenvalue weighted by molar-refractivity contribution is 6.13. The largest absolute Gasteiger partial charge is 0.368 e. The average molecular weight is 380 g/mol. The van der Waals surface area contributed by atoms with Crippen molar-refractivity contribution < 1.29 is 9.18 Å². The van der Waals surface area contributed by atoms with Crippen LogP contribution in [-0.2, 0) is 4.79 Å². The van der Waals surface area contributed by atoms with E-state index in [-0.39, 0.29) is 11.7 Å². The van der Waals surface area contributed by atoms with Crippen molar-refractivity contribution in [3.63, 3.8) is 0 Å². The van der Waals surface area contributed by atoms with E-state index < -0.39 is 5.92 Å². The molecule has 2 aliphatic rings. The number of hydrogen-bond acceptors (Lipinski definition) is 4. The Bertz CT molecular complexity index is 940. The number of benzene rings is 2. The molecule has 2 atom stereocenters. The van der Waals surface area contributed by atoms with Gasteiger partial charge >= 0.3 is 0 Å². The maximum absolute atomic E-state index is 14.7. The van der Waals surface area contributed by atoms with Gasteiger partial charge in [0, 0.05) is 37.1 Å². The second kappa shape index (κ2) is 7.36. The van der Waals surface area contributed by atoms with Crippen molar-refractivity contribution in [3.8, 4) is 0 Å². The van der Waals surface area contributed by atoms with Crippen molar-refractivity contribution in [2.24, 2.45) is 4.99 Å². The zero-order valence-corrected chi connectivity index (χ0v) is 16.4. The van der Waals surface area contributed by atoms with Crippen LogP contribution < -0.4 is 10.2 Å². The lowest BCUT2D eigenvalue weighted by molar-refractivity contribution is -0.115. The molecule has 5 nitrogen and oxygen atoms in total. The Morgan fingerprint density at radius 3 is 2.82 bits per heavy atom. The highest BCUT2D eigenvalue weighted by atomic mass is 19.1. The molecule has 28 heavy (non-hydrogen) atoms. The third-order valence-corrected chi connectivity index (χ3v) is 5.71. The lowest BCUT2D eigenvalue weighted by Crippen LogP contribution is -2.31. The van der Waals surface area contributed by atoms with Gasteiger partial charge in [-0.05, 0) is 56.8 Å². The van der Waals surface area contributed by atoms with Crippen LogP contribution in [0.3, 0.4) is 0 Å². The summed E-state index contributed by atoms with van der Waals surface area (Å²) in [6.45, 7) is 3.65. The highest BCUT2D eigenvalue weighted by Crippen LogP contribution is 2.34. The molecule has 0 aliphatic carbocycles. The number of hydrogen-bond donors (Lipinski definition) is 1. The lowest BCUT2D eigenvalue weighted by atomic mass is 9.97. The van der Waals surface area contributed by atoms with Crippen LogP contribution in [0, 0.1) is 12.7 Å². The van der Waals surface area contributed by atoms with E-state index in [9.17, 15) is 9.18 Å². The first kappa shape index (κ1) is 18.6. The molecule has 0 radical (unpaired) electrons. The van der Waals surface area contributed by atoms with Crippen LogP contribution in [0.1, 0.15) is 23.5 Å². The van der Waals surface area contributed by atoms with Gasteiger partial charge in [0.1, 0.15) is 11.7 Å². The Hall–Kier alpha value is -2.73. The number of nitrogens with zero attached hydrogens (tertiary/aromatic N) is 3. The number of halogens is 1. The average Bonchev–Trinajstić information content (AvgIpc) is 3.25. The number of anilines is 2. The molecule has 0 spiro atoms. The van der Waals surface area contributed by atoms with E-state index in [0.29, 0.717) is 17.4 Å². The summed E-state index contributed by atoms with van der Waals surface area (Å²) in [7, 11) is 4.11. The van der Waals surface area contributed by atoms with Gasteiger partial charge in [0.15, 0.2) is 0 Å². The molecule has 2 aromatic carbocycles. The summed E-state index contributed by atoms with van der Waals surface area (Å²) in [5, 5.41) is 2.88. The van der Waals surface area contributed by atoms with E-state index in [1.54, 1.807) is 12.3 Å². The minimum absolute atomic E-state index is 0.100. The Labute approximate surface area is 164 Å². The van der Waals surface area contributed by atoms with Crippen LogP contribution in [0.4, 0.5) is 21.5 Å². The maximum atomic E-state index is 14.7. The molecule has 1 N–H and O–H groups in total.